The van der Waals surface area contributed by atoms with Crippen LogP contribution in [0.15, 0.2) is 39.9 Å². The van der Waals surface area contributed by atoms with Crippen molar-refractivity contribution in [3.05, 3.63) is 47.0 Å². The summed E-state index contributed by atoms with van der Waals surface area (Å²) >= 11 is 7.52. The lowest BCUT2D eigenvalue weighted by Gasteiger charge is -2.18. The molecule has 0 atom stereocenters. The fraction of sp³-hybridized carbons (Fsp3) is 0.316. The first-order valence-electron chi connectivity index (χ1n) is 9.00. The van der Waals surface area contributed by atoms with E-state index in [-0.39, 0.29) is 10.6 Å². The molecular weight excluding hydrogens is 420 g/mol. The molecule has 9 heteroatoms. The summed E-state index contributed by atoms with van der Waals surface area (Å²) in [7, 11) is -3.87. The first kappa shape index (κ1) is 19.3. The van der Waals surface area contributed by atoms with Gasteiger partial charge in [0.15, 0.2) is 0 Å². The number of sulfonamides is 1. The molecule has 148 valence electrons. The van der Waals surface area contributed by atoms with Gasteiger partial charge in [0.05, 0.1) is 17.6 Å². The number of nitrogens with zero attached hydrogens (tertiary/aromatic N) is 2. The quantitative estimate of drug-likeness (QED) is 0.578. The largest absolute Gasteiger partial charge is 0.481 e. The summed E-state index contributed by atoms with van der Waals surface area (Å²) < 4.78 is 28.9. The number of aromatic nitrogens is 1. The maximum Gasteiger partial charge on any atom is 0.305 e. The molecule has 0 saturated heterocycles. The molecule has 0 radical (unpaired) electrons. The Bertz CT molecular complexity index is 1140. The smallest absolute Gasteiger partial charge is 0.305 e. The Balaban J connectivity index is 1.90. The molecule has 1 N–H and O–H groups in total. The molecule has 2 aromatic heterocycles. The molecule has 28 heavy (non-hydrogen) atoms. The molecule has 0 spiro atoms. The highest BCUT2D eigenvalue weighted by atomic mass is 35.5. The summed E-state index contributed by atoms with van der Waals surface area (Å²) in [5.74, 6) is -0.859. The standard InChI is InChI=1S/C19H19ClN2O4S2/c20-22(28(25,26)18-9-4-12-27-18)16-8-3-7-15-19(16)13-5-1-2-6-14(13)21(15)11-10-17(23)24/h3-4,7-9,12H,1-2,5-6,10-11H2,(H,23,24). The van der Waals surface area contributed by atoms with Crippen LogP contribution >= 0.6 is 23.1 Å². The van der Waals surface area contributed by atoms with Gasteiger partial charge >= 0.3 is 5.97 Å². The molecule has 0 saturated carbocycles. The zero-order valence-corrected chi connectivity index (χ0v) is 17.4. The molecule has 6 nitrogen and oxygen atoms in total. The lowest BCUT2D eigenvalue weighted by Crippen LogP contribution is -2.20. The fourth-order valence-electron chi connectivity index (χ4n) is 3.89. The number of hydrogen-bond acceptors (Lipinski definition) is 4. The SMILES string of the molecule is O=C(O)CCn1c2c(c3c(N(Cl)S(=O)(=O)c4cccs4)cccc31)CCCC2. The second-order valence-electron chi connectivity index (χ2n) is 6.75. The van der Waals surface area contributed by atoms with Gasteiger partial charge in [-0.2, -0.15) is 12.2 Å². The summed E-state index contributed by atoms with van der Waals surface area (Å²) in [6, 6.07) is 8.58. The van der Waals surface area contributed by atoms with Crippen LogP contribution in [0.5, 0.6) is 0 Å². The van der Waals surface area contributed by atoms with E-state index in [2.05, 4.69) is 0 Å². The highest BCUT2D eigenvalue weighted by Crippen LogP contribution is 2.40. The molecule has 0 unspecified atom stereocenters. The fourth-order valence-corrected chi connectivity index (χ4v) is 6.52. The summed E-state index contributed by atoms with van der Waals surface area (Å²) in [6.45, 7) is 0.352. The summed E-state index contributed by atoms with van der Waals surface area (Å²) in [4.78, 5) is 11.1. The maximum absolute atomic E-state index is 12.9. The Kier molecular flexibility index (Phi) is 5.11. The van der Waals surface area contributed by atoms with Gasteiger partial charge in [0.2, 0.25) is 0 Å². The van der Waals surface area contributed by atoms with Gasteiger partial charge < -0.3 is 9.67 Å². The maximum atomic E-state index is 12.9. The minimum atomic E-state index is -3.87. The predicted octanol–water partition coefficient (Wildman–Crippen LogP) is 4.41. The number of hydrogen-bond donors (Lipinski definition) is 1. The van der Waals surface area contributed by atoms with Crippen LogP contribution in [0, 0.1) is 0 Å². The van der Waals surface area contributed by atoms with E-state index in [0.29, 0.717) is 12.2 Å². The molecule has 0 bridgehead atoms. The third kappa shape index (κ3) is 3.19. The van der Waals surface area contributed by atoms with Crippen LogP contribution in [0.4, 0.5) is 5.69 Å². The van der Waals surface area contributed by atoms with E-state index in [9.17, 15) is 13.2 Å². The summed E-state index contributed by atoms with van der Waals surface area (Å²) in [6.07, 6.45) is 3.73. The lowest BCUT2D eigenvalue weighted by atomic mass is 9.95. The first-order chi connectivity index (χ1) is 13.4. The molecule has 1 aromatic carbocycles. The Hall–Kier alpha value is -2.03. The van der Waals surface area contributed by atoms with Crippen molar-refractivity contribution in [2.45, 2.75) is 42.9 Å². The zero-order chi connectivity index (χ0) is 19.9. The van der Waals surface area contributed by atoms with E-state index in [1.807, 2.05) is 10.6 Å². The summed E-state index contributed by atoms with van der Waals surface area (Å²) in [5.41, 5.74) is 3.42. The van der Waals surface area contributed by atoms with E-state index < -0.39 is 16.0 Å². The molecule has 2 heterocycles. The molecular formula is C19H19ClN2O4S2. The van der Waals surface area contributed by atoms with Crippen molar-refractivity contribution in [2.75, 3.05) is 3.82 Å². The van der Waals surface area contributed by atoms with Gasteiger partial charge in [0, 0.05) is 29.4 Å². The average molecular weight is 439 g/mol. The predicted molar refractivity (Wildman–Crippen MR) is 111 cm³/mol. The lowest BCUT2D eigenvalue weighted by molar-refractivity contribution is -0.137. The molecule has 0 fully saturated rings. The van der Waals surface area contributed by atoms with Crippen LogP contribution in [-0.2, 0) is 34.2 Å². The van der Waals surface area contributed by atoms with Gasteiger partial charge in [-0.05, 0) is 54.8 Å². The van der Waals surface area contributed by atoms with Crippen LogP contribution < -0.4 is 3.82 Å². The van der Waals surface area contributed by atoms with E-state index in [1.165, 1.54) is 6.07 Å². The van der Waals surface area contributed by atoms with Crippen molar-refractivity contribution in [2.24, 2.45) is 0 Å². The number of aliphatic carboxylic acids is 1. The third-order valence-electron chi connectivity index (χ3n) is 5.08. The van der Waals surface area contributed by atoms with Crippen LogP contribution in [-0.4, -0.2) is 24.1 Å². The second-order valence-corrected chi connectivity index (χ2v) is 10.3. The average Bonchev–Trinajstić information content (AvgIpc) is 3.32. The van der Waals surface area contributed by atoms with Gasteiger partial charge in [0.25, 0.3) is 10.0 Å². The highest BCUT2D eigenvalue weighted by Gasteiger charge is 2.29. The van der Waals surface area contributed by atoms with E-state index >= 15 is 0 Å². The monoisotopic (exact) mass is 438 g/mol. The number of carboxylic acids is 1. The minimum absolute atomic E-state index is 0.0124. The van der Waals surface area contributed by atoms with Gasteiger partial charge in [0.1, 0.15) is 4.21 Å². The van der Waals surface area contributed by atoms with Crippen LogP contribution in [0.25, 0.3) is 10.9 Å². The van der Waals surface area contributed by atoms with Crippen molar-refractivity contribution in [1.29, 1.82) is 0 Å². The van der Waals surface area contributed by atoms with Crippen molar-refractivity contribution in [3.63, 3.8) is 0 Å². The number of carboxylic acid groups (broad SMARTS) is 1. The summed E-state index contributed by atoms with van der Waals surface area (Å²) in [5, 5.41) is 11.6. The number of anilines is 1. The van der Waals surface area contributed by atoms with Crippen molar-refractivity contribution >= 4 is 55.7 Å². The Morgan fingerprint density at radius 2 is 2.00 bits per heavy atom. The number of benzene rings is 1. The van der Waals surface area contributed by atoms with Gasteiger partial charge in [-0.15, -0.1) is 11.3 Å². The Labute approximate surface area is 172 Å². The number of thiophene rings is 1. The van der Waals surface area contributed by atoms with E-state index in [4.69, 9.17) is 16.9 Å². The normalized spacial score (nSPS) is 14.2. The number of fused-ring (bicyclic) bond motifs is 3. The van der Waals surface area contributed by atoms with Gasteiger partial charge in [-0.25, -0.2) is 0 Å². The molecule has 3 aromatic rings. The number of halogens is 1. The molecule has 1 aliphatic rings. The zero-order valence-electron chi connectivity index (χ0n) is 15.0. The minimum Gasteiger partial charge on any atom is -0.481 e. The van der Waals surface area contributed by atoms with Gasteiger partial charge in [-0.1, -0.05) is 12.1 Å². The number of carbonyl (C=O) groups is 1. The number of aryl methyl sites for hydroxylation is 2. The molecule has 0 amide bonds. The van der Waals surface area contributed by atoms with E-state index in [0.717, 1.165) is 63.0 Å². The van der Waals surface area contributed by atoms with E-state index in [1.54, 1.807) is 23.6 Å². The topological polar surface area (TPSA) is 79.6 Å². The van der Waals surface area contributed by atoms with Crippen LogP contribution in [0.3, 0.4) is 0 Å². The van der Waals surface area contributed by atoms with Crippen molar-refractivity contribution in [1.82, 2.24) is 4.57 Å². The van der Waals surface area contributed by atoms with Crippen molar-refractivity contribution < 1.29 is 18.3 Å². The highest BCUT2D eigenvalue weighted by molar-refractivity contribution is 7.96. The van der Waals surface area contributed by atoms with Crippen molar-refractivity contribution in [3.8, 4) is 0 Å². The Morgan fingerprint density at radius 3 is 2.71 bits per heavy atom. The molecule has 4 rings (SSSR count). The third-order valence-corrected chi connectivity index (χ3v) is 8.65. The van der Waals surface area contributed by atoms with Crippen LogP contribution in [0.1, 0.15) is 30.5 Å². The second kappa shape index (κ2) is 7.42. The first-order valence-corrected chi connectivity index (χ1v) is 11.7. The van der Waals surface area contributed by atoms with Crippen LogP contribution in [0.2, 0.25) is 0 Å². The number of rotatable bonds is 6. The molecule has 0 aliphatic heterocycles. The molecule has 1 aliphatic carbocycles. The van der Waals surface area contributed by atoms with Gasteiger partial charge in [-0.3, -0.25) is 4.79 Å². The Morgan fingerprint density at radius 1 is 1.21 bits per heavy atom.